The molecule has 1 aliphatic heterocycles. The Balaban J connectivity index is 1.81. The second-order valence-corrected chi connectivity index (χ2v) is 7.78. The zero-order valence-corrected chi connectivity index (χ0v) is 16.6. The van der Waals surface area contributed by atoms with E-state index < -0.39 is 36.3 Å². The number of aromatic nitrogens is 5. The van der Waals surface area contributed by atoms with Crippen molar-refractivity contribution in [1.82, 2.24) is 24.7 Å². The number of hydrogen-bond acceptors (Lipinski definition) is 6. The fraction of sp³-hybridized carbons (Fsp3) is 0.389. The summed E-state index contributed by atoms with van der Waals surface area (Å²) in [5, 5.41) is 6.52. The number of anilines is 2. The van der Waals surface area contributed by atoms with Crippen molar-refractivity contribution in [2.24, 2.45) is 0 Å². The maximum absolute atomic E-state index is 13.8. The number of nitrogens with two attached hydrogens (primary N) is 1. The van der Waals surface area contributed by atoms with Crippen molar-refractivity contribution in [3.05, 3.63) is 23.6 Å². The SMILES string of the molecule is CC1(C)C(=O)Nc2nc(-c3nn(CCC(F)(F)C(F)(F)F)c4ncc(F)cc34)nc(N)c21. The molecule has 4 rings (SSSR count). The van der Waals surface area contributed by atoms with Crippen LogP contribution in [0.4, 0.5) is 38.0 Å². The number of pyridine rings is 1. The van der Waals surface area contributed by atoms with Gasteiger partial charge in [-0.05, 0) is 19.9 Å². The summed E-state index contributed by atoms with van der Waals surface area (Å²) in [6, 6.07) is 0.971. The van der Waals surface area contributed by atoms with Gasteiger partial charge in [-0.15, -0.1) is 0 Å². The Morgan fingerprint density at radius 2 is 1.88 bits per heavy atom. The summed E-state index contributed by atoms with van der Waals surface area (Å²) < 4.78 is 79.0. The molecule has 3 N–H and O–H groups in total. The van der Waals surface area contributed by atoms with Gasteiger partial charge in [0, 0.05) is 13.0 Å². The van der Waals surface area contributed by atoms with Crippen molar-refractivity contribution in [1.29, 1.82) is 0 Å². The van der Waals surface area contributed by atoms with E-state index in [1.807, 2.05) is 0 Å². The lowest BCUT2D eigenvalue weighted by molar-refractivity contribution is -0.285. The van der Waals surface area contributed by atoms with Crippen LogP contribution < -0.4 is 11.1 Å². The van der Waals surface area contributed by atoms with Crippen LogP contribution in [-0.4, -0.2) is 42.7 Å². The van der Waals surface area contributed by atoms with Crippen LogP contribution in [0.2, 0.25) is 0 Å². The molecule has 0 saturated carbocycles. The molecule has 0 fully saturated rings. The molecule has 0 atom stereocenters. The molecule has 0 spiro atoms. The highest BCUT2D eigenvalue weighted by Gasteiger charge is 2.56. The predicted molar refractivity (Wildman–Crippen MR) is 100 cm³/mol. The second kappa shape index (κ2) is 6.77. The summed E-state index contributed by atoms with van der Waals surface area (Å²) in [5.41, 5.74) is 5.03. The fourth-order valence-electron chi connectivity index (χ4n) is 3.41. The fourth-order valence-corrected chi connectivity index (χ4v) is 3.41. The van der Waals surface area contributed by atoms with E-state index in [4.69, 9.17) is 5.73 Å². The van der Waals surface area contributed by atoms with Gasteiger partial charge in [0.05, 0.1) is 22.6 Å². The van der Waals surface area contributed by atoms with Crippen molar-refractivity contribution in [3.8, 4) is 11.5 Å². The van der Waals surface area contributed by atoms with Crippen LogP contribution in [0.15, 0.2) is 12.3 Å². The first-order valence-corrected chi connectivity index (χ1v) is 9.19. The molecule has 3 aromatic rings. The molecule has 0 unspecified atom stereocenters. The van der Waals surface area contributed by atoms with Crippen LogP contribution in [0.3, 0.4) is 0 Å². The third kappa shape index (κ3) is 3.29. The van der Waals surface area contributed by atoms with E-state index >= 15 is 0 Å². The molecule has 3 aromatic heterocycles. The number of carbonyl (C=O) groups is 1. The molecule has 32 heavy (non-hydrogen) atoms. The van der Waals surface area contributed by atoms with E-state index in [1.54, 1.807) is 13.8 Å². The van der Waals surface area contributed by atoms with E-state index in [-0.39, 0.29) is 40.1 Å². The van der Waals surface area contributed by atoms with Gasteiger partial charge in [-0.2, -0.15) is 27.1 Å². The van der Waals surface area contributed by atoms with E-state index in [1.165, 1.54) is 0 Å². The molecule has 0 aromatic carbocycles. The van der Waals surface area contributed by atoms with Crippen LogP contribution in [0, 0.1) is 5.82 Å². The van der Waals surface area contributed by atoms with Gasteiger partial charge < -0.3 is 11.1 Å². The largest absolute Gasteiger partial charge is 0.453 e. The first-order valence-electron chi connectivity index (χ1n) is 9.19. The number of nitrogens with one attached hydrogen (secondary N) is 1. The lowest BCUT2D eigenvalue weighted by Gasteiger charge is -2.19. The molecule has 4 heterocycles. The minimum absolute atomic E-state index is 0.0248. The van der Waals surface area contributed by atoms with Crippen LogP contribution >= 0.6 is 0 Å². The summed E-state index contributed by atoms with van der Waals surface area (Å²) in [6.07, 6.45) is -6.57. The zero-order chi connectivity index (χ0) is 23.6. The Hall–Kier alpha value is -3.45. The number of halogens is 6. The highest BCUT2D eigenvalue weighted by Crippen LogP contribution is 2.41. The Labute approximate surface area is 175 Å². The quantitative estimate of drug-likeness (QED) is 0.579. The summed E-state index contributed by atoms with van der Waals surface area (Å²) in [4.78, 5) is 24.3. The minimum Gasteiger partial charge on any atom is -0.383 e. The summed E-state index contributed by atoms with van der Waals surface area (Å²) in [7, 11) is 0. The van der Waals surface area contributed by atoms with Gasteiger partial charge in [0.2, 0.25) is 5.91 Å². The maximum Gasteiger partial charge on any atom is 0.453 e. The third-order valence-corrected chi connectivity index (χ3v) is 5.18. The number of nitrogens with zero attached hydrogens (tertiary/aromatic N) is 5. The maximum atomic E-state index is 13.8. The van der Waals surface area contributed by atoms with Crippen molar-refractivity contribution >= 4 is 28.6 Å². The van der Waals surface area contributed by atoms with Crippen molar-refractivity contribution in [2.75, 3.05) is 11.1 Å². The lowest BCUT2D eigenvalue weighted by atomic mass is 9.87. The number of carbonyl (C=O) groups excluding carboxylic acids is 1. The minimum atomic E-state index is -5.74. The van der Waals surface area contributed by atoms with Crippen molar-refractivity contribution < 1.29 is 31.1 Å². The number of hydrogen-bond donors (Lipinski definition) is 2. The van der Waals surface area contributed by atoms with E-state index in [0.29, 0.717) is 5.56 Å². The molecule has 1 amide bonds. The average Bonchev–Trinajstić information content (AvgIpc) is 3.13. The highest BCUT2D eigenvalue weighted by atomic mass is 19.4. The van der Waals surface area contributed by atoms with Crippen LogP contribution in [0.5, 0.6) is 0 Å². The zero-order valence-electron chi connectivity index (χ0n) is 16.6. The first-order chi connectivity index (χ1) is 14.7. The first kappa shape index (κ1) is 21.8. The molecular formula is C18H15F6N7O. The molecule has 8 nitrogen and oxygen atoms in total. The van der Waals surface area contributed by atoms with Gasteiger partial charge >= 0.3 is 12.1 Å². The lowest BCUT2D eigenvalue weighted by Crippen LogP contribution is -2.37. The number of fused-ring (bicyclic) bond motifs is 2. The number of rotatable bonds is 4. The van der Waals surface area contributed by atoms with Crippen LogP contribution in [0.1, 0.15) is 25.8 Å². The average molecular weight is 459 g/mol. The van der Waals surface area contributed by atoms with Gasteiger partial charge in [0.15, 0.2) is 11.5 Å². The Bertz CT molecular complexity index is 1250. The number of aryl methyl sites for hydroxylation is 1. The normalized spacial score (nSPS) is 15.8. The van der Waals surface area contributed by atoms with Crippen LogP contribution in [0.25, 0.3) is 22.6 Å². The summed E-state index contributed by atoms with van der Waals surface area (Å²) in [5.74, 6) is -6.30. The molecule has 1 aliphatic rings. The Morgan fingerprint density at radius 3 is 2.53 bits per heavy atom. The highest BCUT2D eigenvalue weighted by molar-refractivity contribution is 6.06. The Morgan fingerprint density at radius 1 is 1.19 bits per heavy atom. The van der Waals surface area contributed by atoms with Gasteiger partial charge in [-0.3, -0.25) is 4.79 Å². The monoisotopic (exact) mass is 459 g/mol. The summed E-state index contributed by atoms with van der Waals surface area (Å²) in [6.45, 7) is 2.35. The molecule has 0 saturated heterocycles. The standard InChI is InChI=1S/C18H15F6N7O/c1-16(2)9-11(25)27-13(28-12(9)29-15(16)32)10-8-5-7(19)6-26-14(8)31(30-10)4-3-17(20,21)18(22,23)24/h5-6H,3-4H2,1-2H3,(H3,25,27,28,29,32). The number of amides is 1. The summed E-state index contributed by atoms with van der Waals surface area (Å²) >= 11 is 0. The third-order valence-electron chi connectivity index (χ3n) is 5.18. The topological polar surface area (TPSA) is 112 Å². The van der Waals surface area contributed by atoms with E-state index in [2.05, 4.69) is 25.4 Å². The van der Waals surface area contributed by atoms with Crippen molar-refractivity contribution in [2.45, 2.75) is 44.3 Å². The Kier molecular flexibility index (Phi) is 4.61. The van der Waals surface area contributed by atoms with Gasteiger partial charge in [-0.25, -0.2) is 24.0 Å². The van der Waals surface area contributed by atoms with Crippen LogP contribution in [-0.2, 0) is 16.8 Å². The molecule has 14 heteroatoms. The molecule has 0 bridgehead atoms. The van der Waals surface area contributed by atoms with Gasteiger partial charge in [0.1, 0.15) is 23.1 Å². The van der Waals surface area contributed by atoms with E-state index in [9.17, 15) is 31.1 Å². The predicted octanol–water partition coefficient (Wildman–Crippen LogP) is 3.43. The number of alkyl halides is 5. The van der Waals surface area contributed by atoms with E-state index in [0.717, 1.165) is 16.9 Å². The van der Waals surface area contributed by atoms with Gasteiger partial charge in [-0.1, -0.05) is 0 Å². The molecule has 170 valence electrons. The molecular weight excluding hydrogens is 444 g/mol. The van der Waals surface area contributed by atoms with Gasteiger partial charge in [0.25, 0.3) is 0 Å². The second-order valence-electron chi connectivity index (χ2n) is 7.78. The molecule has 0 aliphatic carbocycles. The molecule has 0 radical (unpaired) electrons. The van der Waals surface area contributed by atoms with Crippen molar-refractivity contribution in [3.63, 3.8) is 0 Å². The smallest absolute Gasteiger partial charge is 0.383 e. The number of nitrogen functional groups attached to an aromatic ring is 1.